The van der Waals surface area contributed by atoms with Gasteiger partial charge in [-0.05, 0) is 38.0 Å². The molecule has 1 aliphatic rings. The molecule has 2 amide bonds. The maximum atomic E-state index is 13.0. The van der Waals surface area contributed by atoms with Gasteiger partial charge in [-0.3, -0.25) is 19.7 Å². The number of anilines is 2. The molecule has 0 spiro atoms. The SMILES string of the molecule is CC(C)CN1C(=O)C(C)(C)COc2cc(NC(=O)c3ccccc3[N+](=O)[O-])ccc21. The Bertz CT molecular complexity index is 1000. The van der Waals surface area contributed by atoms with Crippen molar-refractivity contribution >= 4 is 28.9 Å². The Morgan fingerprint density at radius 3 is 2.63 bits per heavy atom. The fourth-order valence-corrected chi connectivity index (χ4v) is 3.29. The molecule has 0 aromatic heterocycles. The molecule has 0 aliphatic carbocycles. The predicted octanol–water partition coefficient (Wildman–Crippen LogP) is 4.25. The van der Waals surface area contributed by atoms with E-state index in [0.29, 0.717) is 23.7 Å². The Kier molecular flexibility index (Phi) is 5.78. The molecule has 1 N–H and O–H groups in total. The van der Waals surface area contributed by atoms with Gasteiger partial charge in [0.05, 0.1) is 16.0 Å². The summed E-state index contributed by atoms with van der Waals surface area (Å²) in [6.07, 6.45) is 0. The van der Waals surface area contributed by atoms with E-state index in [1.54, 1.807) is 29.2 Å². The minimum Gasteiger partial charge on any atom is -0.490 e. The Hall–Kier alpha value is -3.42. The van der Waals surface area contributed by atoms with Crippen LogP contribution in [0.15, 0.2) is 42.5 Å². The first-order valence-corrected chi connectivity index (χ1v) is 9.74. The van der Waals surface area contributed by atoms with Crippen LogP contribution in [0.3, 0.4) is 0 Å². The summed E-state index contributed by atoms with van der Waals surface area (Å²) in [6, 6.07) is 10.8. The second kappa shape index (κ2) is 8.14. The number of hydrogen-bond donors (Lipinski definition) is 1. The number of carbonyl (C=O) groups is 2. The highest BCUT2D eigenvalue weighted by Gasteiger charge is 2.38. The molecule has 30 heavy (non-hydrogen) atoms. The van der Waals surface area contributed by atoms with Gasteiger partial charge in [-0.25, -0.2) is 0 Å². The second-order valence-corrected chi connectivity index (χ2v) is 8.39. The molecule has 2 aromatic rings. The van der Waals surface area contributed by atoms with Crippen molar-refractivity contribution in [2.45, 2.75) is 27.7 Å². The summed E-state index contributed by atoms with van der Waals surface area (Å²) >= 11 is 0. The number of fused-ring (bicyclic) bond motifs is 1. The molecule has 0 saturated carbocycles. The van der Waals surface area contributed by atoms with Gasteiger partial charge in [0.25, 0.3) is 11.6 Å². The van der Waals surface area contributed by atoms with Gasteiger partial charge in [0.1, 0.15) is 17.9 Å². The highest BCUT2D eigenvalue weighted by Crippen LogP contribution is 2.38. The quantitative estimate of drug-likeness (QED) is 0.585. The van der Waals surface area contributed by atoms with E-state index >= 15 is 0 Å². The van der Waals surface area contributed by atoms with Gasteiger partial charge in [0.2, 0.25) is 5.91 Å². The van der Waals surface area contributed by atoms with Crippen LogP contribution < -0.4 is 15.0 Å². The summed E-state index contributed by atoms with van der Waals surface area (Å²) < 4.78 is 5.91. The topological polar surface area (TPSA) is 102 Å². The number of benzene rings is 2. The smallest absolute Gasteiger partial charge is 0.282 e. The van der Waals surface area contributed by atoms with E-state index in [4.69, 9.17) is 4.74 Å². The van der Waals surface area contributed by atoms with E-state index in [1.165, 1.54) is 18.2 Å². The molecule has 2 aromatic carbocycles. The van der Waals surface area contributed by atoms with Crippen molar-refractivity contribution in [1.82, 2.24) is 0 Å². The van der Waals surface area contributed by atoms with E-state index < -0.39 is 16.2 Å². The van der Waals surface area contributed by atoms with E-state index in [0.717, 1.165) is 0 Å². The van der Waals surface area contributed by atoms with E-state index in [2.05, 4.69) is 5.32 Å². The molecule has 0 atom stereocenters. The number of para-hydroxylation sites is 1. The molecule has 8 nitrogen and oxygen atoms in total. The highest BCUT2D eigenvalue weighted by atomic mass is 16.6. The number of nitrogens with one attached hydrogen (secondary N) is 1. The first-order valence-electron chi connectivity index (χ1n) is 9.74. The molecule has 0 saturated heterocycles. The van der Waals surface area contributed by atoms with Crippen molar-refractivity contribution in [2.24, 2.45) is 11.3 Å². The Morgan fingerprint density at radius 2 is 1.97 bits per heavy atom. The van der Waals surface area contributed by atoms with Gasteiger partial charge >= 0.3 is 0 Å². The fraction of sp³-hybridized carbons (Fsp3) is 0.364. The molecule has 1 heterocycles. The molecule has 0 radical (unpaired) electrons. The largest absolute Gasteiger partial charge is 0.490 e. The van der Waals surface area contributed by atoms with E-state index in [-0.39, 0.29) is 29.7 Å². The van der Waals surface area contributed by atoms with Crippen LogP contribution in [-0.2, 0) is 4.79 Å². The van der Waals surface area contributed by atoms with Crippen molar-refractivity contribution in [2.75, 3.05) is 23.4 Å². The normalized spacial score (nSPS) is 15.2. The van der Waals surface area contributed by atoms with Crippen LogP contribution in [0.2, 0.25) is 0 Å². The molecule has 1 aliphatic heterocycles. The van der Waals surface area contributed by atoms with Gasteiger partial charge < -0.3 is 15.0 Å². The lowest BCUT2D eigenvalue weighted by Gasteiger charge is -2.29. The maximum Gasteiger partial charge on any atom is 0.282 e. The van der Waals surface area contributed by atoms with Crippen LogP contribution in [-0.4, -0.2) is 29.9 Å². The van der Waals surface area contributed by atoms with Crippen LogP contribution in [0.4, 0.5) is 17.1 Å². The molecular weight excluding hydrogens is 386 g/mol. The van der Waals surface area contributed by atoms with Gasteiger partial charge in [0, 0.05) is 24.4 Å². The van der Waals surface area contributed by atoms with E-state index in [1.807, 2.05) is 27.7 Å². The van der Waals surface area contributed by atoms with Crippen LogP contribution >= 0.6 is 0 Å². The third-order valence-electron chi connectivity index (χ3n) is 4.81. The Labute approximate surface area is 175 Å². The number of rotatable bonds is 5. The first kappa shape index (κ1) is 21.3. The zero-order valence-electron chi connectivity index (χ0n) is 17.5. The van der Waals surface area contributed by atoms with Crippen molar-refractivity contribution in [3.63, 3.8) is 0 Å². The highest BCUT2D eigenvalue weighted by molar-refractivity contribution is 6.07. The minimum atomic E-state index is -0.692. The number of amides is 2. The lowest BCUT2D eigenvalue weighted by Crippen LogP contribution is -2.43. The van der Waals surface area contributed by atoms with Gasteiger partial charge in [-0.1, -0.05) is 26.0 Å². The zero-order chi connectivity index (χ0) is 22.1. The fourth-order valence-electron chi connectivity index (χ4n) is 3.29. The summed E-state index contributed by atoms with van der Waals surface area (Å²) in [7, 11) is 0. The van der Waals surface area contributed by atoms with Crippen LogP contribution in [0.25, 0.3) is 0 Å². The van der Waals surface area contributed by atoms with Crippen molar-refractivity contribution in [1.29, 1.82) is 0 Å². The third-order valence-corrected chi connectivity index (χ3v) is 4.81. The molecule has 8 heteroatoms. The summed E-state index contributed by atoms with van der Waals surface area (Å²) in [5.41, 5.74) is 0.0752. The number of nitro benzene ring substituents is 1. The molecule has 3 rings (SSSR count). The molecular formula is C22H25N3O5. The number of ether oxygens (including phenoxy) is 1. The second-order valence-electron chi connectivity index (χ2n) is 8.39. The summed E-state index contributed by atoms with van der Waals surface area (Å²) in [5, 5.41) is 13.9. The zero-order valence-corrected chi connectivity index (χ0v) is 17.5. The van der Waals surface area contributed by atoms with Crippen LogP contribution in [0.1, 0.15) is 38.1 Å². The Balaban J connectivity index is 1.93. The molecule has 158 valence electrons. The number of nitrogens with zero attached hydrogens (tertiary/aromatic N) is 2. The number of hydrogen-bond acceptors (Lipinski definition) is 5. The Morgan fingerprint density at radius 1 is 1.27 bits per heavy atom. The lowest BCUT2D eigenvalue weighted by atomic mass is 9.92. The van der Waals surface area contributed by atoms with Gasteiger partial charge in [0.15, 0.2) is 0 Å². The maximum absolute atomic E-state index is 13.0. The number of nitro groups is 1. The minimum absolute atomic E-state index is 0.0216. The molecule has 0 fully saturated rings. The predicted molar refractivity (Wildman–Crippen MR) is 114 cm³/mol. The van der Waals surface area contributed by atoms with Crippen LogP contribution in [0, 0.1) is 21.4 Å². The monoisotopic (exact) mass is 411 g/mol. The average molecular weight is 411 g/mol. The first-order chi connectivity index (χ1) is 14.1. The third kappa shape index (κ3) is 4.27. The van der Waals surface area contributed by atoms with Gasteiger partial charge in [-0.2, -0.15) is 0 Å². The summed E-state index contributed by atoms with van der Waals surface area (Å²) in [6.45, 7) is 8.49. The standard InChI is InChI=1S/C22H25N3O5/c1-14(2)12-24-18-10-9-15(11-19(18)30-13-22(3,4)21(24)27)23-20(26)16-7-5-6-8-17(16)25(28)29/h5-11,14H,12-13H2,1-4H3,(H,23,26). The van der Waals surface area contributed by atoms with E-state index in [9.17, 15) is 19.7 Å². The van der Waals surface area contributed by atoms with Crippen molar-refractivity contribution in [3.8, 4) is 5.75 Å². The molecule has 0 unspecified atom stereocenters. The van der Waals surface area contributed by atoms with Crippen molar-refractivity contribution in [3.05, 3.63) is 58.1 Å². The molecule has 0 bridgehead atoms. The van der Waals surface area contributed by atoms with Crippen LogP contribution in [0.5, 0.6) is 5.75 Å². The van der Waals surface area contributed by atoms with Gasteiger partial charge in [-0.15, -0.1) is 0 Å². The average Bonchev–Trinajstić information content (AvgIpc) is 2.78. The number of carbonyl (C=O) groups excluding carboxylic acids is 2. The summed E-state index contributed by atoms with van der Waals surface area (Å²) in [4.78, 5) is 38.0. The lowest BCUT2D eigenvalue weighted by molar-refractivity contribution is -0.385. The van der Waals surface area contributed by atoms with Crippen molar-refractivity contribution < 1.29 is 19.2 Å². The summed E-state index contributed by atoms with van der Waals surface area (Å²) in [5.74, 6) is 0.126.